The zero-order valence-electron chi connectivity index (χ0n) is 13.9. The number of nitrogens with two attached hydrogens (primary N) is 1. The van der Waals surface area contributed by atoms with Crippen molar-refractivity contribution in [1.29, 1.82) is 0 Å². The summed E-state index contributed by atoms with van der Waals surface area (Å²) in [7, 11) is 4.69. The van der Waals surface area contributed by atoms with Crippen LogP contribution in [-0.4, -0.2) is 33.3 Å². The third-order valence-electron chi connectivity index (χ3n) is 3.32. The van der Waals surface area contributed by atoms with Gasteiger partial charge in [-0.3, -0.25) is 4.79 Å². The van der Waals surface area contributed by atoms with E-state index in [4.69, 9.17) is 19.9 Å². The molecule has 1 rings (SSSR count). The highest BCUT2D eigenvalue weighted by atomic mass is 16.5. The van der Waals surface area contributed by atoms with Crippen LogP contribution >= 0.6 is 0 Å². The highest BCUT2D eigenvalue weighted by Crippen LogP contribution is 2.33. The van der Waals surface area contributed by atoms with E-state index in [-0.39, 0.29) is 12.5 Å². The maximum absolute atomic E-state index is 12.0. The van der Waals surface area contributed by atoms with Crippen LogP contribution in [0.5, 0.6) is 17.2 Å². The second-order valence-corrected chi connectivity index (χ2v) is 5.46. The lowest BCUT2D eigenvalue weighted by Crippen LogP contribution is -2.41. The molecule has 1 aromatic rings. The lowest BCUT2D eigenvalue weighted by molar-refractivity contribution is -0.122. The molecule has 0 spiro atoms. The van der Waals surface area contributed by atoms with Crippen LogP contribution in [0, 0.1) is 5.92 Å². The summed E-state index contributed by atoms with van der Waals surface area (Å²) in [6.07, 6.45) is 0.642. The van der Waals surface area contributed by atoms with E-state index in [1.54, 1.807) is 33.5 Å². The van der Waals surface area contributed by atoms with Gasteiger partial charge < -0.3 is 25.3 Å². The van der Waals surface area contributed by atoms with Crippen molar-refractivity contribution in [3.63, 3.8) is 0 Å². The molecule has 0 saturated heterocycles. The highest BCUT2D eigenvalue weighted by molar-refractivity contribution is 5.81. The zero-order chi connectivity index (χ0) is 16.7. The van der Waals surface area contributed by atoms with Crippen LogP contribution < -0.4 is 25.3 Å². The number of ether oxygens (including phenoxy) is 3. The number of amides is 1. The number of benzene rings is 1. The molecule has 1 aromatic carbocycles. The minimum absolute atomic E-state index is 0.186. The van der Waals surface area contributed by atoms with Gasteiger partial charge in [-0.1, -0.05) is 13.8 Å². The van der Waals surface area contributed by atoms with E-state index >= 15 is 0 Å². The van der Waals surface area contributed by atoms with Gasteiger partial charge in [0.25, 0.3) is 0 Å². The van der Waals surface area contributed by atoms with Gasteiger partial charge in [-0.2, -0.15) is 0 Å². The van der Waals surface area contributed by atoms with Crippen molar-refractivity contribution in [3.8, 4) is 17.2 Å². The molecule has 0 unspecified atom stereocenters. The molecule has 0 aliphatic heterocycles. The average molecular weight is 310 g/mol. The van der Waals surface area contributed by atoms with Crippen molar-refractivity contribution < 1.29 is 19.0 Å². The summed E-state index contributed by atoms with van der Waals surface area (Å²) >= 11 is 0. The Bertz CT molecular complexity index is 478. The molecule has 0 aromatic heterocycles. The number of hydrogen-bond acceptors (Lipinski definition) is 5. The molecule has 0 heterocycles. The number of methoxy groups -OCH3 is 3. The molecule has 0 radical (unpaired) electrons. The number of carbonyl (C=O) groups is 1. The Kier molecular flexibility index (Phi) is 6.98. The van der Waals surface area contributed by atoms with Crippen LogP contribution in [0.3, 0.4) is 0 Å². The smallest absolute Gasteiger partial charge is 0.237 e. The summed E-state index contributed by atoms with van der Waals surface area (Å²) in [4.78, 5) is 12.0. The SMILES string of the molecule is COc1cc(OC)c(CNC(=O)[C@@H](N)CC(C)C)c(OC)c1. The molecular formula is C16H26N2O4. The number of rotatable bonds is 8. The molecule has 3 N–H and O–H groups in total. The predicted octanol–water partition coefficient (Wildman–Crippen LogP) is 1.70. The molecule has 6 heteroatoms. The number of carbonyl (C=O) groups excluding carboxylic acids is 1. The minimum Gasteiger partial charge on any atom is -0.496 e. The predicted molar refractivity (Wildman–Crippen MR) is 85.4 cm³/mol. The van der Waals surface area contributed by atoms with Crippen LogP contribution in [-0.2, 0) is 11.3 Å². The monoisotopic (exact) mass is 310 g/mol. The quantitative estimate of drug-likeness (QED) is 0.763. The van der Waals surface area contributed by atoms with Crippen molar-refractivity contribution >= 4 is 5.91 Å². The standard InChI is InChI=1S/C16H26N2O4/c1-10(2)6-13(17)16(19)18-9-12-14(21-4)7-11(20-3)8-15(12)22-5/h7-8,10,13H,6,9,17H2,1-5H3,(H,18,19)/t13-/m0/s1. The first-order valence-corrected chi connectivity index (χ1v) is 7.25. The number of hydrogen-bond donors (Lipinski definition) is 2. The fourth-order valence-electron chi connectivity index (χ4n) is 2.17. The van der Waals surface area contributed by atoms with Gasteiger partial charge >= 0.3 is 0 Å². The molecule has 0 bridgehead atoms. The minimum atomic E-state index is -0.518. The van der Waals surface area contributed by atoms with Crippen molar-refractivity contribution in [1.82, 2.24) is 5.32 Å². The van der Waals surface area contributed by atoms with E-state index < -0.39 is 6.04 Å². The zero-order valence-corrected chi connectivity index (χ0v) is 13.9. The Labute approximate surface area is 131 Å². The fourth-order valence-corrected chi connectivity index (χ4v) is 2.17. The third-order valence-corrected chi connectivity index (χ3v) is 3.32. The molecule has 124 valence electrons. The Morgan fingerprint density at radius 1 is 1.14 bits per heavy atom. The average Bonchev–Trinajstić information content (AvgIpc) is 2.50. The topological polar surface area (TPSA) is 82.8 Å². The van der Waals surface area contributed by atoms with Gasteiger partial charge in [0.15, 0.2) is 0 Å². The molecule has 0 fully saturated rings. The lowest BCUT2D eigenvalue weighted by atomic mass is 10.0. The van der Waals surface area contributed by atoms with Crippen LogP contribution in [0.1, 0.15) is 25.8 Å². The number of nitrogens with one attached hydrogen (secondary N) is 1. The normalized spacial score (nSPS) is 12.0. The van der Waals surface area contributed by atoms with E-state index in [1.807, 2.05) is 13.8 Å². The molecular weight excluding hydrogens is 284 g/mol. The summed E-state index contributed by atoms with van der Waals surface area (Å²) in [5, 5.41) is 2.83. The Morgan fingerprint density at radius 2 is 1.68 bits per heavy atom. The largest absolute Gasteiger partial charge is 0.496 e. The van der Waals surface area contributed by atoms with E-state index in [9.17, 15) is 4.79 Å². The van der Waals surface area contributed by atoms with E-state index in [0.29, 0.717) is 29.6 Å². The Balaban J connectivity index is 2.86. The summed E-state index contributed by atoms with van der Waals surface area (Å²) in [6, 6.07) is 2.98. The Morgan fingerprint density at radius 3 is 2.09 bits per heavy atom. The molecule has 0 saturated carbocycles. The van der Waals surface area contributed by atoms with Crippen LogP contribution in [0.25, 0.3) is 0 Å². The summed E-state index contributed by atoms with van der Waals surface area (Å²) < 4.78 is 15.9. The van der Waals surface area contributed by atoms with Crippen molar-refractivity contribution in [2.75, 3.05) is 21.3 Å². The van der Waals surface area contributed by atoms with Gasteiger partial charge in [0.2, 0.25) is 5.91 Å². The van der Waals surface area contributed by atoms with Gasteiger partial charge in [0, 0.05) is 12.1 Å². The van der Waals surface area contributed by atoms with Crippen LogP contribution in [0.15, 0.2) is 12.1 Å². The first kappa shape index (κ1) is 18.1. The van der Waals surface area contributed by atoms with Crippen LogP contribution in [0.2, 0.25) is 0 Å². The van der Waals surface area contributed by atoms with Gasteiger partial charge in [-0.25, -0.2) is 0 Å². The third kappa shape index (κ3) is 4.80. The first-order chi connectivity index (χ1) is 10.4. The van der Waals surface area contributed by atoms with Gasteiger partial charge in [-0.05, 0) is 12.3 Å². The first-order valence-electron chi connectivity index (χ1n) is 7.25. The van der Waals surface area contributed by atoms with Gasteiger partial charge in [-0.15, -0.1) is 0 Å². The summed E-state index contributed by atoms with van der Waals surface area (Å²) in [6.45, 7) is 4.34. The Hall–Kier alpha value is -1.95. The van der Waals surface area contributed by atoms with Crippen molar-refractivity contribution in [3.05, 3.63) is 17.7 Å². The molecule has 1 amide bonds. The molecule has 22 heavy (non-hydrogen) atoms. The maximum atomic E-state index is 12.0. The molecule has 1 atom stereocenters. The van der Waals surface area contributed by atoms with Crippen molar-refractivity contribution in [2.24, 2.45) is 11.7 Å². The van der Waals surface area contributed by atoms with Gasteiger partial charge in [0.05, 0.1) is 39.5 Å². The van der Waals surface area contributed by atoms with Gasteiger partial charge in [0.1, 0.15) is 17.2 Å². The van der Waals surface area contributed by atoms with E-state index in [2.05, 4.69) is 5.32 Å². The molecule has 0 aliphatic carbocycles. The second-order valence-electron chi connectivity index (χ2n) is 5.46. The van der Waals surface area contributed by atoms with E-state index in [1.165, 1.54) is 0 Å². The second kappa shape index (κ2) is 8.48. The fraction of sp³-hybridized carbons (Fsp3) is 0.562. The van der Waals surface area contributed by atoms with Crippen LogP contribution in [0.4, 0.5) is 0 Å². The summed E-state index contributed by atoms with van der Waals surface area (Å²) in [5.41, 5.74) is 6.62. The maximum Gasteiger partial charge on any atom is 0.237 e. The lowest BCUT2D eigenvalue weighted by Gasteiger charge is -2.17. The summed E-state index contributed by atoms with van der Waals surface area (Å²) in [5.74, 6) is 1.99. The van der Waals surface area contributed by atoms with E-state index in [0.717, 1.165) is 5.56 Å². The molecule has 0 aliphatic rings. The highest BCUT2D eigenvalue weighted by Gasteiger charge is 2.18. The van der Waals surface area contributed by atoms with Crippen molar-refractivity contribution in [2.45, 2.75) is 32.9 Å². The molecule has 6 nitrogen and oxygen atoms in total.